The molecule has 0 unspecified atom stereocenters. The quantitative estimate of drug-likeness (QED) is 0.785. The van der Waals surface area contributed by atoms with Gasteiger partial charge in [0.05, 0.1) is 16.9 Å². The van der Waals surface area contributed by atoms with Gasteiger partial charge < -0.3 is 5.32 Å². The van der Waals surface area contributed by atoms with E-state index in [1.165, 1.54) is 16.8 Å². The summed E-state index contributed by atoms with van der Waals surface area (Å²) in [6, 6.07) is 11.1. The van der Waals surface area contributed by atoms with Crippen molar-refractivity contribution in [3.8, 4) is 5.69 Å². The van der Waals surface area contributed by atoms with Crippen LogP contribution in [-0.2, 0) is 19.0 Å². The summed E-state index contributed by atoms with van der Waals surface area (Å²) < 4.78 is 41.5. The third-order valence-corrected chi connectivity index (χ3v) is 4.25. The number of pyridine rings is 1. The van der Waals surface area contributed by atoms with Gasteiger partial charge in [-0.05, 0) is 30.7 Å². The molecule has 1 aliphatic rings. The first kappa shape index (κ1) is 15.7. The van der Waals surface area contributed by atoms with Gasteiger partial charge in [0.2, 0.25) is 0 Å². The monoisotopic (exact) mass is 344 g/mol. The summed E-state index contributed by atoms with van der Waals surface area (Å²) in [5.41, 5.74) is 1.90. The van der Waals surface area contributed by atoms with Gasteiger partial charge in [-0.2, -0.15) is 18.3 Å². The van der Waals surface area contributed by atoms with E-state index in [-0.39, 0.29) is 5.69 Å². The van der Waals surface area contributed by atoms with Crippen LogP contribution in [0.15, 0.2) is 48.7 Å². The number of fused-ring (bicyclic) bond motifs is 1. The SMILES string of the molecule is FC(F)(F)c1ccccc1-n1nc(Cc2ccccn2)c2c1NCC2. The minimum absolute atomic E-state index is 0.0351. The van der Waals surface area contributed by atoms with Crippen molar-refractivity contribution in [2.24, 2.45) is 0 Å². The van der Waals surface area contributed by atoms with Crippen molar-refractivity contribution in [3.63, 3.8) is 0 Å². The average Bonchev–Trinajstić information content (AvgIpc) is 3.19. The third-order valence-electron chi connectivity index (χ3n) is 4.25. The van der Waals surface area contributed by atoms with Crippen LogP contribution in [0.25, 0.3) is 5.69 Å². The fourth-order valence-electron chi connectivity index (χ4n) is 3.13. The topological polar surface area (TPSA) is 42.7 Å². The first-order valence-corrected chi connectivity index (χ1v) is 7.95. The van der Waals surface area contributed by atoms with E-state index in [0.29, 0.717) is 18.8 Å². The van der Waals surface area contributed by atoms with Crippen LogP contribution in [0.1, 0.15) is 22.5 Å². The molecule has 0 aliphatic carbocycles. The first-order valence-electron chi connectivity index (χ1n) is 7.95. The highest BCUT2D eigenvalue weighted by Gasteiger charge is 2.35. The van der Waals surface area contributed by atoms with E-state index in [9.17, 15) is 13.2 Å². The number of rotatable bonds is 3. The highest BCUT2D eigenvalue weighted by Crippen LogP contribution is 2.37. The summed E-state index contributed by atoms with van der Waals surface area (Å²) in [4.78, 5) is 4.29. The van der Waals surface area contributed by atoms with Crippen LogP contribution >= 0.6 is 0 Å². The van der Waals surface area contributed by atoms with Crippen molar-refractivity contribution in [2.45, 2.75) is 19.0 Å². The Morgan fingerprint density at radius 2 is 1.88 bits per heavy atom. The number of anilines is 1. The molecule has 0 amide bonds. The molecule has 1 aromatic carbocycles. The molecule has 0 radical (unpaired) electrons. The van der Waals surface area contributed by atoms with Crippen LogP contribution in [0, 0.1) is 0 Å². The molecule has 0 fully saturated rings. The van der Waals surface area contributed by atoms with Gasteiger partial charge in [-0.1, -0.05) is 18.2 Å². The molecule has 0 spiro atoms. The number of hydrogen-bond acceptors (Lipinski definition) is 3. The standard InChI is InChI=1S/C18H15F3N4/c19-18(20,21)14-6-1-2-7-16(14)25-17-13(8-10-23-17)15(24-25)11-12-5-3-4-9-22-12/h1-7,9,23H,8,10-11H2. The molecule has 128 valence electrons. The maximum atomic E-state index is 13.4. The lowest BCUT2D eigenvalue weighted by Crippen LogP contribution is -2.13. The van der Waals surface area contributed by atoms with E-state index < -0.39 is 11.7 Å². The average molecular weight is 344 g/mol. The van der Waals surface area contributed by atoms with E-state index >= 15 is 0 Å². The molecule has 3 aromatic rings. The van der Waals surface area contributed by atoms with E-state index in [1.807, 2.05) is 18.2 Å². The second kappa shape index (κ2) is 5.91. The molecular formula is C18H15F3N4. The van der Waals surface area contributed by atoms with E-state index in [4.69, 9.17) is 0 Å². The van der Waals surface area contributed by atoms with Crippen molar-refractivity contribution in [1.82, 2.24) is 14.8 Å². The van der Waals surface area contributed by atoms with Crippen LogP contribution < -0.4 is 5.32 Å². The predicted molar refractivity (Wildman–Crippen MR) is 87.8 cm³/mol. The van der Waals surface area contributed by atoms with E-state index in [0.717, 1.165) is 29.4 Å². The van der Waals surface area contributed by atoms with Gasteiger partial charge in [-0.25, -0.2) is 4.68 Å². The maximum Gasteiger partial charge on any atom is 0.418 e. The molecule has 0 saturated heterocycles. The molecule has 1 aliphatic heterocycles. The molecule has 4 rings (SSSR count). The summed E-state index contributed by atoms with van der Waals surface area (Å²) in [5, 5.41) is 7.65. The van der Waals surface area contributed by atoms with Crippen LogP contribution in [0.5, 0.6) is 0 Å². The largest absolute Gasteiger partial charge is 0.418 e. The van der Waals surface area contributed by atoms with Gasteiger partial charge >= 0.3 is 6.18 Å². The van der Waals surface area contributed by atoms with Crippen LogP contribution in [0.4, 0.5) is 19.0 Å². The molecule has 1 N–H and O–H groups in total. The Balaban J connectivity index is 1.82. The lowest BCUT2D eigenvalue weighted by Gasteiger charge is -2.14. The highest BCUT2D eigenvalue weighted by molar-refractivity contribution is 5.59. The van der Waals surface area contributed by atoms with Crippen molar-refractivity contribution >= 4 is 5.82 Å². The van der Waals surface area contributed by atoms with Gasteiger partial charge in [0.1, 0.15) is 5.82 Å². The van der Waals surface area contributed by atoms with E-state index in [1.54, 1.807) is 12.3 Å². The lowest BCUT2D eigenvalue weighted by atomic mass is 10.1. The molecular weight excluding hydrogens is 329 g/mol. The van der Waals surface area contributed by atoms with Gasteiger partial charge in [-0.3, -0.25) is 4.98 Å². The van der Waals surface area contributed by atoms with Crippen molar-refractivity contribution < 1.29 is 13.2 Å². The minimum atomic E-state index is -4.44. The number of alkyl halides is 3. The smallest absolute Gasteiger partial charge is 0.369 e. The summed E-state index contributed by atoms with van der Waals surface area (Å²) in [5.74, 6) is 0.641. The van der Waals surface area contributed by atoms with Gasteiger partial charge in [0, 0.05) is 30.4 Å². The lowest BCUT2D eigenvalue weighted by molar-refractivity contribution is -0.137. The number of nitrogens with zero attached hydrogens (tertiary/aromatic N) is 3. The number of hydrogen-bond donors (Lipinski definition) is 1. The van der Waals surface area contributed by atoms with E-state index in [2.05, 4.69) is 15.4 Å². The Morgan fingerprint density at radius 3 is 2.64 bits per heavy atom. The normalized spacial score (nSPS) is 13.6. The highest BCUT2D eigenvalue weighted by atomic mass is 19.4. The molecule has 4 nitrogen and oxygen atoms in total. The molecule has 25 heavy (non-hydrogen) atoms. The zero-order valence-electron chi connectivity index (χ0n) is 13.2. The summed E-state index contributed by atoms with van der Waals surface area (Å²) in [6.07, 6.45) is -1.50. The third kappa shape index (κ3) is 2.86. The van der Waals surface area contributed by atoms with Gasteiger partial charge in [0.25, 0.3) is 0 Å². The Morgan fingerprint density at radius 1 is 1.08 bits per heavy atom. The Labute approximate surface area is 142 Å². The Hall–Kier alpha value is -2.83. The summed E-state index contributed by atoms with van der Waals surface area (Å²) in [7, 11) is 0. The Kier molecular flexibility index (Phi) is 3.71. The maximum absolute atomic E-state index is 13.4. The number of nitrogens with one attached hydrogen (secondary N) is 1. The number of halogens is 3. The fourth-order valence-corrected chi connectivity index (χ4v) is 3.13. The minimum Gasteiger partial charge on any atom is -0.369 e. The first-order chi connectivity index (χ1) is 12.0. The summed E-state index contributed by atoms with van der Waals surface area (Å²) >= 11 is 0. The number of benzene rings is 1. The predicted octanol–water partition coefficient (Wildman–Crippen LogP) is 3.84. The van der Waals surface area contributed by atoms with Crippen molar-refractivity contribution in [2.75, 3.05) is 11.9 Å². The number of aromatic nitrogens is 3. The van der Waals surface area contributed by atoms with Gasteiger partial charge in [-0.15, -0.1) is 0 Å². The zero-order chi connectivity index (χ0) is 17.4. The second-order valence-electron chi connectivity index (χ2n) is 5.88. The molecule has 0 saturated carbocycles. The Bertz CT molecular complexity index is 900. The second-order valence-corrected chi connectivity index (χ2v) is 5.88. The molecule has 7 heteroatoms. The molecule has 2 aromatic heterocycles. The zero-order valence-corrected chi connectivity index (χ0v) is 13.2. The summed E-state index contributed by atoms with van der Waals surface area (Å²) in [6.45, 7) is 0.691. The molecule has 3 heterocycles. The van der Waals surface area contributed by atoms with Crippen LogP contribution in [0.3, 0.4) is 0 Å². The van der Waals surface area contributed by atoms with Gasteiger partial charge in [0.15, 0.2) is 0 Å². The van der Waals surface area contributed by atoms with Crippen LogP contribution in [-0.4, -0.2) is 21.3 Å². The number of para-hydroxylation sites is 1. The molecule has 0 atom stereocenters. The van der Waals surface area contributed by atoms with Crippen LogP contribution in [0.2, 0.25) is 0 Å². The fraction of sp³-hybridized carbons (Fsp3) is 0.222. The van der Waals surface area contributed by atoms with Crippen molar-refractivity contribution in [1.29, 1.82) is 0 Å². The van der Waals surface area contributed by atoms with Crippen molar-refractivity contribution in [3.05, 3.63) is 71.2 Å². The molecule has 0 bridgehead atoms.